The van der Waals surface area contributed by atoms with Gasteiger partial charge in [-0.3, -0.25) is 0 Å². The van der Waals surface area contributed by atoms with Crippen LogP contribution in [0.25, 0.3) is 0 Å². The number of anilines is 1. The zero-order chi connectivity index (χ0) is 15.6. The highest BCUT2D eigenvalue weighted by Crippen LogP contribution is 2.27. The van der Waals surface area contributed by atoms with E-state index in [2.05, 4.69) is 32.2 Å². The molecule has 114 valence electrons. The summed E-state index contributed by atoms with van der Waals surface area (Å²) in [6, 6.07) is 6.06. The van der Waals surface area contributed by atoms with Gasteiger partial charge in [0.25, 0.3) is 0 Å². The van der Waals surface area contributed by atoms with E-state index in [0.29, 0.717) is 11.6 Å². The molecule has 0 amide bonds. The fourth-order valence-electron chi connectivity index (χ4n) is 2.00. The lowest BCUT2D eigenvalue weighted by molar-refractivity contribution is 0.0886. The summed E-state index contributed by atoms with van der Waals surface area (Å²) in [5.41, 5.74) is 1.44. The predicted octanol–water partition coefficient (Wildman–Crippen LogP) is 3.44. The van der Waals surface area contributed by atoms with Crippen LogP contribution in [0.5, 0.6) is 0 Å². The topological polar surface area (TPSA) is 35.5 Å². The normalized spacial score (nSPS) is 12.6. The Labute approximate surface area is 127 Å². The third kappa shape index (κ3) is 6.12. The minimum atomic E-state index is -0.745. The number of likely N-dealkylation sites (N-methyl/N-ethyl adjacent to an activating group) is 1. The minimum absolute atomic E-state index is 0.0862. The standard InChI is InChI=1S/C16H27ClN2O/c1-15(2,3)18-10-12-7-8-14(13(17)9-12)19(6)11-16(4,5)20/h7-9,18,20H,10-11H2,1-6H3. The van der Waals surface area contributed by atoms with Crippen molar-refractivity contribution in [1.82, 2.24) is 5.32 Å². The first-order valence-corrected chi connectivity index (χ1v) is 7.33. The number of hydrogen-bond donors (Lipinski definition) is 2. The van der Waals surface area contributed by atoms with E-state index < -0.39 is 5.60 Å². The van der Waals surface area contributed by atoms with Crippen molar-refractivity contribution in [3.63, 3.8) is 0 Å². The van der Waals surface area contributed by atoms with E-state index in [1.807, 2.05) is 24.1 Å². The van der Waals surface area contributed by atoms with Crippen LogP contribution in [0.4, 0.5) is 5.69 Å². The van der Waals surface area contributed by atoms with Crippen LogP contribution in [0, 0.1) is 0 Å². The molecule has 0 spiro atoms. The monoisotopic (exact) mass is 298 g/mol. The molecular weight excluding hydrogens is 272 g/mol. The molecule has 0 aliphatic carbocycles. The molecule has 20 heavy (non-hydrogen) atoms. The van der Waals surface area contributed by atoms with Crippen LogP contribution < -0.4 is 10.2 Å². The fourth-order valence-corrected chi connectivity index (χ4v) is 2.35. The third-order valence-electron chi connectivity index (χ3n) is 2.87. The lowest BCUT2D eigenvalue weighted by Crippen LogP contribution is -2.36. The van der Waals surface area contributed by atoms with Crippen molar-refractivity contribution in [2.45, 2.75) is 52.3 Å². The SMILES string of the molecule is CN(CC(C)(C)O)c1ccc(CNC(C)(C)C)cc1Cl. The van der Waals surface area contributed by atoms with Gasteiger partial charge in [-0.1, -0.05) is 17.7 Å². The molecule has 0 aromatic heterocycles. The molecule has 2 N–H and O–H groups in total. The van der Waals surface area contributed by atoms with Gasteiger partial charge in [0.15, 0.2) is 0 Å². The quantitative estimate of drug-likeness (QED) is 0.874. The van der Waals surface area contributed by atoms with Gasteiger partial charge in [0, 0.05) is 25.7 Å². The summed E-state index contributed by atoms with van der Waals surface area (Å²) < 4.78 is 0. The van der Waals surface area contributed by atoms with Gasteiger partial charge in [-0.2, -0.15) is 0 Å². The van der Waals surface area contributed by atoms with Crippen molar-refractivity contribution in [1.29, 1.82) is 0 Å². The Bertz CT molecular complexity index is 447. The Hall–Kier alpha value is -0.770. The fraction of sp³-hybridized carbons (Fsp3) is 0.625. The lowest BCUT2D eigenvalue weighted by atomic mass is 10.1. The molecule has 0 unspecified atom stereocenters. The highest BCUT2D eigenvalue weighted by Gasteiger charge is 2.17. The van der Waals surface area contributed by atoms with Crippen LogP contribution in [-0.4, -0.2) is 29.8 Å². The van der Waals surface area contributed by atoms with Gasteiger partial charge < -0.3 is 15.3 Å². The van der Waals surface area contributed by atoms with Crippen LogP contribution in [0.2, 0.25) is 5.02 Å². The second kappa shape index (κ2) is 6.33. The van der Waals surface area contributed by atoms with E-state index >= 15 is 0 Å². The minimum Gasteiger partial charge on any atom is -0.389 e. The van der Waals surface area contributed by atoms with Crippen molar-refractivity contribution in [2.75, 3.05) is 18.5 Å². The summed E-state index contributed by atoms with van der Waals surface area (Å²) in [6.07, 6.45) is 0. The van der Waals surface area contributed by atoms with Crippen LogP contribution in [-0.2, 0) is 6.54 Å². The second-order valence-electron chi connectivity index (χ2n) is 7.06. The van der Waals surface area contributed by atoms with Gasteiger partial charge in [0.1, 0.15) is 0 Å². The van der Waals surface area contributed by atoms with Gasteiger partial charge in [-0.05, 0) is 52.3 Å². The van der Waals surface area contributed by atoms with Crippen molar-refractivity contribution < 1.29 is 5.11 Å². The Kier molecular flexibility index (Phi) is 5.47. The summed E-state index contributed by atoms with van der Waals surface area (Å²) >= 11 is 6.35. The zero-order valence-corrected chi connectivity index (χ0v) is 14.2. The van der Waals surface area contributed by atoms with E-state index in [-0.39, 0.29) is 5.54 Å². The largest absolute Gasteiger partial charge is 0.389 e. The molecule has 0 saturated heterocycles. The van der Waals surface area contributed by atoms with Gasteiger partial charge in [0.2, 0.25) is 0 Å². The predicted molar refractivity (Wildman–Crippen MR) is 87.6 cm³/mol. The molecule has 0 radical (unpaired) electrons. The molecule has 1 aromatic carbocycles. The zero-order valence-electron chi connectivity index (χ0n) is 13.4. The molecule has 0 aliphatic heterocycles. The van der Waals surface area contributed by atoms with Gasteiger partial charge in [-0.15, -0.1) is 0 Å². The first kappa shape index (κ1) is 17.3. The maximum Gasteiger partial charge on any atom is 0.0765 e. The second-order valence-corrected chi connectivity index (χ2v) is 7.47. The lowest BCUT2D eigenvalue weighted by Gasteiger charge is -2.28. The number of nitrogens with one attached hydrogen (secondary N) is 1. The molecule has 0 heterocycles. The van der Waals surface area contributed by atoms with Gasteiger partial charge in [-0.25, -0.2) is 0 Å². The number of rotatable bonds is 5. The van der Waals surface area contributed by atoms with Gasteiger partial charge >= 0.3 is 0 Å². The number of aliphatic hydroxyl groups is 1. The maximum atomic E-state index is 9.87. The van der Waals surface area contributed by atoms with E-state index in [1.54, 1.807) is 13.8 Å². The Morgan fingerprint density at radius 3 is 2.25 bits per heavy atom. The van der Waals surface area contributed by atoms with Crippen LogP contribution in [0.1, 0.15) is 40.2 Å². The Balaban J connectivity index is 2.78. The first-order valence-electron chi connectivity index (χ1n) is 6.95. The average Bonchev–Trinajstić information content (AvgIpc) is 2.22. The van der Waals surface area contributed by atoms with E-state index in [1.165, 1.54) is 0 Å². The third-order valence-corrected chi connectivity index (χ3v) is 3.17. The maximum absolute atomic E-state index is 9.87. The smallest absolute Gasteiger partial charge is 0.0765 e. The van der Waals surface area contributed by atoms with Crippen LogP contribution in [0.3, 0.4) is 0 Å². The number of nitrogens with zero attached hydrogens (tertiary/aromatic N) is 1. The van der Waals surface area contributed by atoms with Crippen molar-refractivity contribution in [2.24, 2.45) is 0 Å². The number of hydrogen-bond acceptors (Lipinski definition) is 3. The number of benzene rings is 1. The van der Waals surface area contributed by atoms with Crippen LogP contribution in [0.15, 0.2) is 18.2 Å². The van der Waals surface area contributed by atoms with E-state index in [4.69, 9.17) is 11.6 Å². The van der Waals surface area contributed by atoms with Crippen molar-refractivity contribution in [3.8, 4) is 0 Å². The molecule has 1 aromatic rings. The van der Waals surface area contributed by atoms with Crippen molar-refractivity contribution >= 4 is 17.3 Å². The Morgan fingerprint density at radius 1 is 1.20 bits per heavy atom. The first-order chi connectivity index (χ1) is 8.98. The molecular formula is C16H27ClN2O. The highest BCUT2D eigenvalue weighted by atomic mass is 35.5. The van der Waals surface area contributed by atoms with E-state index in [9.17, 15) is 5.11 Å². The van der Waals surface area contributed by atoms with E-state index in [0.717, 1.165) is 17.8 Å². The number of halogens is 1. The summed E-state index contributed by atoms with van der Waals surface area (Å²) in [7, 11) is 1.94. The van der Waals surface area contributed by atoms with Gasteiger partial charge in [0.05, 0.1) is 16.3 Å². The molecule has 0 bridgehead atoms. The van der Waals surface area contributed by atoms with Crippen LogP contribution >= 0.6 is 11.6 Å². The Morgan fingerprint density at radius 2 is 1.80 bits per heavy atom. The molecule has 0 fully saturated rings. The molecule has 4 heteroatoms. The molecule has 0 aliphatic rings. The highest BCUT2D eigenvalue weighted by molar-refractivity contribution is 6.33. The summed E-state index contributed by atoms with van der Waals surface area (Å²) in [4.78, 5) is 1.98. The summed E-state index contributed by atoms with van der Waals surface area (Å²) in [5.74, 6) is 0. The molecule has 1 rings (SSSR count). The molecule has 0 saturated carbocycles. The summed E-state index contributed by atoms with van der Waals surface area (Å²) in [6.45, 7) is 11.3. The van der Waals surface area contributed by atoms with Crippen molar-refractivity contribution in [3.05, 3.63) is 28.8 Å². The molecule has 0 atom stereocenters. The average molecular weight is 299 g/mol. The summed E-state index contributed by atoms with van der Waals surface area (Å²) in [5, 5.41) is 14.0. The molecule has 3 nitrogen and oxygen atoms in total.